The standard InChI is InChI=1S/C12H17NO/c1-3-6-10(4-2)12(14)11-7-5-8-13-9-11/h5,7-10H,3-4,6H2,1-2H3. The Morgan fingerprint density at radius 2 is 2.29 bits per heavy atom. The number of Topliss-reactive ketones (excluding diaryl/α,β-unsaturated/α-hetero) is 1. The summed E-state index contributed by atoms with van der Waals surface area (Å²) in [7, 11) is 0. The highest BCUT2D eigenvalue weighted by Crippen LogP contribution is 2.16. The van der Waals surface area contributed by atoms with Crippen LogP contribution in [0.4, 0.5) is 0 Å². The maximum absolute atomic E-state index is 11.9. The van der Waals surface area contributed by atoms with Crippen molar-refractivity contribution >= 4 is 5.78 Å². The number of hydrogen-bond donors (Lipinski definition) is 0. The van der Waals surface area contributed by atoms with Crippen molar-refractivity contribution in [2.24, 2.45) is 5.92 Å². The minimum atomic E-state index is 0.171. The minimum absolute atomic E-state index is 0.171. The molecular weight excluding hydrogens is 174 g/mol. The Bertz CT molecular complexity index is 282. The lowest BCUT2D eigenvalue weighted by Gasteiger charge is -2.11. The van der Waals surface area contributed by atoms with Gasteiger partial charge in [-0.1, -0.05) is 20.3 Å². The molecule has 0 N–H and O–H groups in total. The minimum Gasteiger partial charge on any atom is -0.294 e. The normalized spacial score (nSPS) is 12.4. The molecule has 0 fully saturated rings. The fraction of sp³-hybridized carbons (Fsp3) is 0.500. The number of hydrogen-bond acceptors (Lipinski definition) is 2. The number of ketones is 1. The molecule has 0 aliphatic rings. The molecule has 2 nitrogen and oxygen atoms in total. The van der Waals surface area contributed by atoms with Crippen molar-refractivity contribution in [2.45, 2.75) is 33.1 Å². The van der Waals surface area contributed by atoms with E-state index in [-0.39, 0.29) is 11.7 Å². The number of rotatable bonds is 5. The summed E-state index contributed by atoms with van der Waals surface area (Å²) in [6.45, 7) is 4.17. The average Bonchev–Trinajstić information content (AvgIpc) is 2.26. The monoisotopic (exact) mass is 191 g/mol. The molecule has 0 spiro atoms. The van der Waals surface area contributed by atoms with Crippen LogP contribution in [0, 0.1) is 5.92 Å². The highest BCUT2D eigenvalue weighted by atomic mass is 16.1. The number of nitrogens with zero attached hydrogens (tertiary/aromatic N) is 1. The first-order chi connectivity index (χ1) is 6.79. The van der Waals surface area contributed by atoms with E-state index in [0.29, 0.717) is 0 Å². The quantitative estimate of drug-likeness (QED) is 0.669. The van der Waals surface area contributed by atoms with Crippen molar-refractivity contribution in [3.05, 3.63) is 30.1 Å². The molecule has 0 aliphatic heterocycles. The van der Waals surface area contributed by atoms with Crippen molar-refractivity contribution in [1.29, 1.82) is 0 Å². The van der Waals surface area contributed by atoms with Gasteiger partial charge in [0.2, 0.25) is 0 Å². The second kappa shape index (κ2) is 5.53. The second-order valence-corrected chi connectivity index (χ2v) is 3.50. The lowest BCUT2D eigenvalue weighted by Crippen LogP contribution is -2.13. The van der Waals surface area contributed by atoms with E-state index in [1.165, 1.54) is 0 Å². The van der Waals surface area contributed by atoms with Crippen molar-refractivity contribution < 1.29 is 4.79 Å². The van der Waals surface area contributed by atoms with Crippen LogP contribution in [0.15, 0.2) is 24.5 Å². The third-order valence-electron chi connectivity index (χ3n) is 2.45. The molecule has 0 aliphatic carbocycles. The summed E-state index contributed by atoms with van der Waals surface area (Å²) < 4.78 is 0. The van der Waals surface area contributed by atoms with E-state index < -0.39 is 0 Å². The van der Waals surface area contributed by atoms with Crippen LogP contribution in [0.1, 0.15) is 43.5 Å². The van der Waals surface area contributed by atoms with E-state index in [1.54, 1.807) is 12.4 Å². The Morgan fingerprint density at radius 3 is 2.79 bits per heavy atom. The lowest BCUT2D eigenvalue weighted by atomic mass is 9.92. The van der Waals surface area contributed by atoms with Gasteiger partial charge in [-0.25, -0.2) is 0 Å². The Balaban J connectivity index is 2.73. The maximum Gasteiger partial charge on any atom is 0.167 e. The largest absolute Gasteiger partial charge is 0.294 e. The third kappa shape index (κ3) is 2.66. The Labute approximate surface area is 85.4 Å². The zero-order valence-corrected chi connectivity index (χ0v) is 8.86. The highest BCUT2D eigenvalue weighted by Gasteiger charge is 2.16. The summed E-state index contributed by atoms with van der Waals surface area (Å²) in [4.78, 5) is 15.9. The fourth-order valence-corrected chi connectivity index (χ4v) is 1.61. The molecule has 1 unspecified atom stereocenters. The second-order valence-electron chi connectivity index (χ2n) is 3.50. The SMILES string of the molecule is CCCC(CC)C(=O)c1cccnc1. The molecule has 0 bridgehead atoms. The molecule has 1 rings (SSSR count). The number of carbonyl (C=O) groups is 1. The van der Waals surface area contributed by atoms with Crippen LogP contribution in [0.25, 0.3) is 0 Å². The predicted molar refractivity (Wildman–Crippen MR) is 57.3 cm³/mol. The van der Waals surface area contributed by atoms with E-state index in [9.17, 15) is 4.79 Å². The molecule has 1 atom stereocenters. The van der Waals surface area contributed by atoms with Gasteiger partial charge in [0.15, 0.2) is 5.78 Å². The summed E-state index contributed by atoms with van der Waals surface area (Å²) >= 11 is 0. The maximum atomic E-state index is 11.9. The van der Waals surface area contributed by atoms with Gasteiger partial charge in [0.25, 0.3) is 0 Å². The van der Waals surface area contributed by atoms with E-state index in [0.717, 1.165) is 24.8 Å². The zero-order valence-electron chi connectivity index (χ0n) is 8.86. The van der Waals surface area contributed by atoms with Crippen LogP contribution in [0.5, 0.6) is 0 Å². The lowest BCUT2D eigenvalue weighted by molar-refractivity contribution is 0.0909. The summed E-state index contributed by atoms with van der Waals surface area (Å²) in [6.07, 6.45) is 6.30. The molecule has 1 heterocycles. The number of pyridine rings is 1. The zero-order chi connectivity index (χ0) is 10.4. The van der Waals surface area contributed by atoms with E-state index in [2.05, 4.69) is 18.8 Å². The van der Waals surface area contributed by atoms with Crippen LogP contribution in [-0.4, -0.2) is 10.8 Å². The van der Waals surface area contributed by atoms with E-state index in [1.807, 2.05) is 12.1 Å². The first kappa shape index (κ1) is 10.9. The fourth-order valence-electron chi connectivity index (χ4n) is 1.61. The molecule has 1 aromatic heterocycles. The van der Waals surface area contributed by atoms with E-state index in [4.69, 9.17) is 0 Å². The predicted octanol–water partition coefficient (Wildman–Crippen LogP) is 3.09. The molecule has 0 radical (unpaired) electrons. The molecule has 0 amide bonds. The van der Waals surface area contributed by atoms with Crippen LogP contribution in [0.3, 0.4) is 0 Å². The molecule has 1 aromatic rings. The van der Waals surface area contributed by atoms with Gasteiger partial charge in [-0.05, 0) is 25.0 Å². The average molecular weight is 191 g/mol. The Kier molecular flexibility index (Phi) is 4.30. The molecule has 0 saturated heterocycles. The highest BCUT2D eigenvalue weighted by molar-refractivity contribution is 5.97. The van der Waals surface area contributed by atoms with Crippen LogP contribution < -0.4 is 0 Å². The van der Waals surface area contributed by atoms with Crippen molar-refractivity contribution in [1.82, 2.24) is 4.98 Å². The van der Waals surface area contributed by atoms with Gasteiger partial charge < -0.3 is 0 Å². The first-order valence-electron chi connectivity index (χ1n) is 5.23. The van der Waals surface area contributed by atoms with Gasteiger partial charge in [0.1, 0.15) is 0 Å². The summed E-state index contributed by atoms with van der Waals surface area (Å²) in [5, 5.41) is 0. The molecule has 14 heavy (non-hydrogen) atoms. The number of aromatic nitrogens is 1. The van der Waals surface area contributed by atoms with Crippen LogP contribution in [0.2, 0.25) is 0 Å². The molecule has 2 heteroatoms. The topological polar surface area (TPSA) is 30.0 Å². The van der Waals surface area contributed by atoms with Crippen LogP contribution >= 0.6 is 0 Å². The molecular formula is C12H17NO. The Hall–Kier alpha value is -1.18. The van der Waals surface area contributed by atoms with Gasteiger partial charge in [0.05, 0.1) is 0 Å². The summed E-state index contributed by atoms with van der Waals surface area (Å²) in [5.41, 5.74) is 0.743. The first-order valence-corrected chi connectivity index (χ1v) is 5.23. The van der Waals surface area contributed by atoms with Crippen molar-refractivity contribution in [3.63, 3.8) is 0 Å². The Morgan fingerprint density at radius 1 is 1.50 bits per heavy atom. The van der Waals surface area contributed by atoms with Crippen molar-refractivity contribution in [3.8, 4) is 0 Å². The van der Waals surface area contributed by atoms with E-state index >= 15 is 0 Å². The smallest absolute Gasteiger partial charge is 0.167 e. The van der Waals surface area contributed by atoms with Gasteiger partial charge in [-0.3, -0.25) is 9.78 Å². The molecule has 76 valence electrons. The summed E-state index contributed by atoms with van der Waals surface area (Å²) in [6, 6.07) is 3.65. The molecule has 0 saturated carbocycles. The van der Waals surface area contributed by atoms with Gasteiger partial charge in [-0.2, -0.15) is 0 Å². The van der Waals surface area contributed by atoms with Gasteiger partial charge in [-0.15, -0.1) is 0 Å². The number of carbonyl (C=O) groups excluding carboxylic acids is 1. The summed E-state index contributed by atoms with van der Waals surface area (Å²) in [5.74, 6) is 0.409. The van der Waals surface area contributed by atoms with Crippen LogP contribution in [-0.2, 0) is 0 Å². The molecule has 0 aromatic carbocycles. The van der Waals surface area contributed by atoms with Crippen molar-refractivity contribution in [2.75, 3.05) is 0 Å². The van der Waals surface area contributed by atoms with Gasteiger partial charge >= 0.3 is 0 Å². The van der Waals surface area contributed by atoms with Gasteiger partial charge in [0, 0.05) is 23.9 Å². The third-order valence-corrected chi connectivity index (χ3v) is 2.45.